The molecule has 15 nitrogen and oxygen atoms in total. The van der Waals surface area contributed by atoms with E-state index in [2.05, 4.69) is 25.6 Å². The number of aromatic nitrogens is 4. The Balaban J connectivity index is 0.693. The maximum Gasteiger partial charge on any atom is 0.404 e. The fourth-order valence-electron chi connectivity index (χ4n) is 11.8. The van der Waals surface area contributed by atoms with Crippen LogP contribution in [0.3, 0.4) is 0 Å². The highest BCUT2D eigenvalue weighted by Crippen LogP contribution is 2.40. The molecule has 0 radical (unpaired) electrons. The molecular weight excluding hydrogens is 996 g/mol. The van der Waals surface area contributed by atoms with Crippen LogP contribution in [0.2, 0.25) is 0 Å². The number of nitrogens with zero attached hydrogens (tertiary/aromatic N) is 7. The molecule has 1 saturated carbocycles. The van der Waals surface area contributed by atoms with Gasteiger partial charge in [0, 0.05) is 74.9 Å². The maximum absolute atomic E-state index is 14.8. The second-order valence-corrected chi connectivity index (χ2v) is 21.5. The third kappa shape index (κ3) is 10.3. The zero-order chi connectivity index (χ0) is 52.8. The van der Waals surface area contributed by atoms with Crippen molar-refractivity contribution >= 4 is 72.8 Å². The molecule has 3 fully saturated rings. The van der Waals surface area contributed by atoms with Crippen LogP contribution >= 0.6 is 11.3 Å². The molecule has 4 aliphatic rings. The SMILES string of the molecule is Cc1c(OC2CCC(CC[C@H](N3CCN(c4ccc5c([C@@H]6CCC(=O)NC6=O)nn(C)c5c4)CC3)C(F)(F)F)CC2)cccc1-c1ccc(N2CCc3cccc(C(=O)Nc4nc5ccccc5s4)c3C2)nc1C(=O)O. The lowest BCUT2D eigenvalue weighted by Crippen LogP contribution is -2.55. The highest BCUT2D eigenvalue weighted by atomic mass is 32.1. The van der Waals surface area contributed by atoms with E-state index in [9.17, 15) is 37.5 Å². The summed E-state index contributed by atoms with van der Waals surface area (Å²) in [5.74, 6) is -1.36. The zero-order valence-electron chi connectivity index (χ0n) is 42.2. The number of alkyl halides is 3. The number of hydrogen-bond acceptors (Lipinski definition) is 12. The lowest BCUT2D eigenvalue weighted by atomic mass is 9.83. The molecule has 0 bridgehead atoms. The van der Waals surface area contributed by atoms with E-state index in [0.29, 0.717) is 97.4 Å². The quantitative estimate of drug-likeness (QED) is 0.0934. The van der Waals surface area contributed by atoms with Gasteiger partial charge in [0.1, 0.15) is 17.6 Å². The molecule has 2 atom stereocenters. The van der Waals surface area contributed by atoms with Gasteiger partial charge in [0.05, 0.1) is 33.4 Å². The van der Waals surface area contributed by atoms with E-state index in [1.165, 1.54) is 11.3 Å². The summed E-state index contributed by atoms with van der Waals surface area (Å²) >= 11 is 1.41. The van der Waals surface area contributed by atoms with Crippen LogP contribution in [0.1, 0.15) is 101 Å². The fraction of sp³-hybridized carbons (Fsp3) is 0.386. The first-order valence-corrected chi connectivity index (χ1v) is 26.9. The second-order valence-electron chi connectivity index (χ2n) is 20.5. The minimum atomic E-state index is -4.37. The van der Waals surface area contributed by atoms with Crippen LogP contribution in [0.5, 0.6) is 5.75 Å². The molecule has 0 unspecified atom stereocenters. The van der Waals surface area contributed by atoms with E-state index in [1.54, 1.807) is 28.8 Å². The molecule has 1 aliphatic carbocycles. The Morgan fingerprint density at radius 1 is 0.868 bits per heavy atom. The second kappa shape index (κ2) is 21.0. The average Bonchev–Trinajstić information content (AvgIpc) is 4.01. The fourth-order valence-corrected chi connectivity index (χ4v) is 12.6. The number of piperazine rings is 1. The van der Waals surface area contributed by atoms with Crippen molar-refractivity contribution < 1.29 is 42.2 Å². The molecule has 11 rings (SSSR count). The summed E-state index contributed by atoms with van der Waals surface area (Å²) in [5.41, 5.74) is 7.34. The van der Waals surface area contributed by atoms with Crippen LogP contribution in [0.15, 0.2) is 91.0 Å². The van der Waals surface area contributed by atoms with Crippen molar-refractivity contribution in [2.24, 2.45) is 13.0 Å². The number of rotatable bonds is 13. The zero-order valence-corrected chi connectivity index (χ0v) is 43.1. The summed E-state index contributed by atoms with van der Waals surface area (Å²) in [5, 5.41) is 21.9. The summed E-state index contributed by atoms with van der Waals surface area (Å²) in [6.07, 6.45) is 0.139. The number of benzene rings is 4. The molecule has 3 N–H and O–H groups in total. The molecule has 4 aromatic carbocycles. The Kier molecular flexibility index (Phi) is 14.0. The molecular formula is C57H58F3N9O6S. The number of carbonyl (C=O) groups is 4. The van der Waals surface area contributed by atoms with E-state index >= 15 is 0 Å². The normalized spacial score (nSPS) is 19.9. The first kappa shape index (κ1) is 50.8. The standard InChI is InChI=1S/C57H58F3N9O6S/c1-33-38(39-20-23-49(62-52(39)55(73)74)69-26-25-35-7-5-9-40(43(35)32-69)53(71)64-56-61-44-10-3-4-12-47(44)76-56)8-6-11-46(33)75-37-17-13-34(14-18-37)15-22-48(57(58,59)60)68-29-27-67(28-30-68)36-16-19-41-45(31-36)66(2)65-51(41)42-21-24-50(70)63-54(42)72/h3-12,16,19-20,23,31,34,37,42,48H,13-15,17-18,21-22,24-30,32H2,1-2H3,(H,73,74)(H,61,64,71)(H,63,70,72)/t34?,37?,42-,48-/m0/s1. The number of piperidine rings is 1. The van der Waals surface area contributed by atoms with Gasteiger partial charge in [-0.3, -0.25) is 34.6 Å². The van der Waals surface area contributed by atoms with E-state index in [4.69, 9.17) is 9.72 Å². The number of carboxylic acid groups (broad SMARTS) is 1. The predicted octanol–water partition coefficient (Wildman–Crippen LogP) is 10.1. The third-order valence-corrected chi connectivity index (χ3v) is 16.8. The number of amides is 3. The average molecular weight is 1050 g/mol. The van der Waals surface area contributed by atoms with Crippen molar-refractivity contribution in [3.63, 3.8) is 0 Å². The number of aryl methyl sites for hydroxylation is 1. The number of aromatic carboxylic acids is 1. The van der Waals surface area contributed by atoms with Crippen molar-refractivity contribution in [3.8, 4) is 16.9 Å². The summed E-state index contributed by atoms with van der Waals surface area (Å²) < 4.78 is 53.5. The van der Waals surface area contributed by atoms with E-state index in [0.717, 1.165) is 56.3 Å². The number of halogens is 3. The van der Waals surface area contributed by atoms with Crippen LogP contribution in [-0.4, -0.2) is 104 Å². The lowest BCUT2D eigenvalue weighted by Gasteiger charge is -2.41. The maximum atomic E-state index is 14.8. The minimum Gasteiger partial charge on any atom is -0.490 e. The number of imide groups is 1. The van der Waals surface area contributed by atoms with Crippen molar-refractivity contribution in [2.45, 2.75) is 95.5 Å². The molecule has 19 heteroatoms. The number of anilines is 3. The highest BCUT2D eigenvalue weighted by molar-refractivity contribution is 7.22. The molecule has 7 aromatic rings. The lowest BCUT2D eigenvalue weighted by molar-refractivity contribution is -0.187. The molecule has 3 aliphatic heterocycles. The Bertz CT molecular complexity index is 3350. The van der Waals surface area contributed by atoms with Crippen LogP contribution in [0.4, 0.5) is 29.8 Å². The number of pyridine rings is 1. The molecule has 3 aromatic heterocycles. The molecule has 0 spiro atoms. The van der Waals surface area contributed by atoms with E-state index < -0.39 is 24.1 Å². The van der Waals surface area contributed by atoms with Gasteiger partial charge in [-0.15, -0.1) is 0 Å². The molecule has 3 amide bonds. The van der Waals surface area contributed by atoms with Crippen LogP contribution in [-0.2, 0) is 29.6 Å². The number of carboxylic acids is 1. The van der Waals surface area contributed by atoms with Gasteiger partial charge < -0.3 is 19.6 Å². The third-order valence-electron chi connectivity index (χ3n) is 15.9. The van der Waals surface area contributed by atoms with Crippen LogP contribution in [0, 0.1) is 12.8 Å². The number of thiazole rings is 1. The topological polar surface area (TPSA) is 175 Å². The molecule has 6 heterocycles. The molecule has 394 valence electrons. The van der Waals surface area contributed by atoms with Gasteiger partial charge in [-0.1, -0.05) is 47.7 Å². The van der Waals surface area contributed by atoms with Crippen molar-refractivity contribution in [1.29, 1.82) is 0 Å². The number of fused-ring (bicyclic) bond motifs is 3. The van der Waals surface area contributed by atoms with Gasteiger partial charge in [-0.25, -0.2) is 14.8 Å². The Labute approximate surface area is 441 Å². The van der Waals surface area contributed by atoms with Crippen LogP contribution in [0.25, 0.3) is 32.2 Å². The monoisotopic (exact) mass is 1050 g/mol. The summed E-state index contributed by atoms with van der Waals surface area (Å²) in [7, 11) is 1.80. The smallest absolute Gasteiger partial charge is 0.404 e. The van der Waals surface area contributed by atoms with Crippen molar-refractivity contribution in [3.05, 3.63) is 125 Å². The number of para-hydroxylation sites is 1. The Hall–Kier alpha value is -7.38. The van der Waals surface area contributed by atoms with Gasteiger partial charge in [0.25, 0.3) is 5.91 Å². The Morgan fingerprint density at radius 2 is 1.66 bits per heavy atom. The number of carbonyl (C=O) groups excluding carboxylic acids is 3. The number of ether oxygens (including phenoxy) is 1. The largest absolute Gasteiger partial charge is 0.490 e. The van der Waals surface area contributed by atoms with Gasteiger partial charge in [0.2, 0.25) is 11.8 Å². The Morgan fingerprint density at radius 3 is 2.42 bits per heavy atom. The molecule has 2 saturated heterocycles. The summed E-state index contributed by atoms with van der Waals surface area (Å²) in [4.78, 5) is 65.9. The first-order valence-electron chi connectivity index (χ1n) is 26.0. The van der Waals surface area contributed by atoms with E-state index in [1.807, 2.05) is 90.7 Å². The summed E-state index contributed by atoms with van der Waals surface area (Å²) in [6.45, 7) is 4.25. The number of hydrogen-bond donors (Lipinski definition) is 3. The minimum absolute atomic E-state index is 0.0265. The van der Waals surface area contributed by atoms with Gasteiger partial charge >= 0.3 is 12.1 Å². The predicted molar refractivity (Wildman–Crippen MR) is 285 cm³/mol. The van der Waals surface area contributed by atoms with E-state index in [-0.39, 0.29) is 61.4 Å². The van der Waals surface area contributed by atoms with Gasteiger partial charge in [0.15, 0.2) is 10.8 Å². The first-order chi connectivity index (χ1) is 36.6. The molecule has 76 heavy (non-hydrogen) atoms. The number of nitrogens with one attached hydrogen (secondary N) is 2. The van der Waals surface area contributed by atoms with Gasteiger partial charge in [-0.2, -0.15) is 18.3 Å². The van der Waals surface area contributed by atoms with Crippen LogP contribution < -0.4 is 25.2 Å². The van der Waals surface area contributed by atoms with Gasteiger partial charge in [-0.05, 0) is 141 Å². The van der Waals surface area contributed by atoms with Crippen molar-refractivity contribution in [1.82, 2.24) is 30.0 Å². The highest BCUT2D eigenvalue weighted by Gasteiger charge is 2.44. The summed E-state index contributed by atoms with van der Waals surface area (Å²) in [6, 6.07) is 26.8. The van der Waals surface area contributed by atoms with Crippen molar-refractivity contribution in [2.75, 3.05) is 47.8 Å².